The number of nitrogens with zero attached hydrogens (tertiary/aromatic N) is 2. The number of amides is 3. The molecule has 1 aromatic carbocycles. The second-order valence-corrected chi connectivity index (χ2v) is 7.25. The Morgan fingerprint density at radius 3 is 2.76 bits per heavy atom. The fourth-order valence-electron chi connectivity index (χ4n) is 3.34. The van der Waals surface area contributed by atoms with Gasteiger partial charge in [0.05, 0.1) is 22.6 Å². The van der Waals surface area contributed by atoms with E-state index in [-0.39, 0.29) is 18.0 Å². The number of carbonyl (C=O) groups is 2. The highest BCUT2D eigenvalue weighted by Gasteiger charge is 2.31. The zero-order valence-corrected chi connectivity index (χ0v) is 14.8. The van der Waals surface area contributed by atoms with Crippen molar-refractivity contribution in [3.05, 3.63) is 40.6 Å². The summed E-state index contributed by atoms with van der Waals surface area (Å²) in [6, 6.07) is 7.38. The van der Waals surface area contributed by atoms with Gasteiger partial charge in [-0.25, -0.2) is 4.79 Å². The fourth-order valence-corrected chi connectivity index (χ4v) is 4.13. The van der Waals surface area contributed by atoms with E-state index in [1.54, 1.807) is 10.3 Å². The average Bonchev–Trinajstić information content (AvgIpc) is 3.04. The summed E-state index contributed by atoms with van der Waals surface area (Å²) in [5.74, 6) is -0.182. The second-order valence-electron chi connectivity index (χ2n) is 6.50. The Labute approximate surface area is 150 Å². The van der Waals surface area contributed by atoms with Gasteiger partial charge in [-0.15, -0.1) is 11.3 Å². The van der Waals surface area contributed by atoms with Crippen LogP contribution >= 0.6 is 11.3 Å². The van der Waals surface area contributed by atoms with E-state index in [9.17, 15) is 9.59 Å². The number of anilines is 3. The van der Waals surface area contributed by atoms with Crippen LogP contribution in [0, 0.1) is 0 Å². The number of likely N-dealkylation sites (tertiary alicyclic amines) is 1. The van der Waals surface area contributed by atoms with E-state index in [0.717, 1.165) is 25.9 Å². The van der Waals surface area contributed by atoms with Crippen molar-refractivity contribution >= 4 is 40.3 Å². The van der Waals surface area contributed by atoms with Gasteiger partial charge in [0.15, 0.2) is 0 Å². The minimum atomic E-state index is -0.182. The number of urea groups is 1. The number of carbonyl (C=O) groups excluding carboxylic acids is 2. The summed E-state index contributed by atoms with van der Waals surface area (Å²) < 4.78 is 0. The van der Waals surface area contributed by atoms with Crippen molar-refractivity contribution in [3.63, 3.8) is 0 Å². The quantitative estimate of drug-likeness (QED) is 0.824. The van der Waals surface area contributed by atoms with Gasteiger partial charge in [-0.2, -0.15) is 0 Å². The third-order valence-corrected chi connectivity index (χ3v) is 5.50. The summed E-state index contributed by atoms with van der Waals surface area (Å²) >= 11 is 1.42. The Morgan fingerprint density at radius 1 is 1.20 bits per heavy atom. The van der Waals surface area contributed by atoms with E-state index >= 15 is 0 Å². The molecule has 3 amide bonds. The molecule has 3 heterocycles. The molecule has 0 bridgehead atoms. The Hall–Kier alpha value is -2.38. The molecule has 2 aliphatic rings. The summed E-state index contributed by atoms with van der Waals surface area (Å²) in [4.78, 5) is 29.4. The molecule has 0 spiro atoms. The van der Waals surface area contributed by atoms with Gasteiger partial charge in [0.2, 0.25) is 0 Å². The van der Waals surface area contributed by atoms with E-state index in [1.807, 2.05) is 29.6 Å². The molecule has 6 nitrogen and oxygen atoms in total. The van der Waals surface area contributed by atoms with E-state index in [1.165, 1.54) is 11.3 Å². The maximum absolute atomic E-state index is 13.1. The van der Waals surface area contributed by atoms with Crippen molar-refractivity contribution < 1.29 is 9.59 Å². The van der Waals surface area contributed by atoms with Gasteiger partial charge in [0.25, 0.3) is 5.91 Å². The number of hydrogen-bond donors (Lipinski definition) is 2. The normalized spacial score (nSPS) is 18.1. The SMILES string of the molecule is CN1CCC(NC(=O)N2c3ccccc3NC(=O)c3cscc32)CC1. The standard InChI is InChI=1S/C18H20N4O2S/c1-21-8-6-12(7-9-21)19-18(24)22-15-5-3-2-4-14(15)20-17(23)13-10-25-11-16(13)22/h2-5,10-12H,6-9H2,1H3,(H,19,24)(H,20,23). The number of hydrogen-bond acceptors (Lipinski definition) is 4. The Balaban J connectivity index is 1.67. The number of rotatable bonds is 1. The molecule has 0 atom stereocenters. The summed E-state index contributed by atoms with van der Waals surface area (Å²) in [6.07, 6.45) is 1.87. The van der Waals surface area contributed by atoms with Gasteiger partial charge in [-0.1, -0.05) is 12.1 Å². The van der Waals surface area contributed by atoms with Crippen LogP contribution in [0.1, 0.15) is 23.2 Å². The lowest BCUT2D eigenvalue weighted by Crippen LogP contribution is -2.47. The van der Waals surface area contributed by atoms with Gasteiger partial charge in [-0.05, 0) is 45.1 Å². The summed E-state index contributed by atoms with van der Waals surface area (Å²) in [6.45, 7) is 1.95. The number of piperidine rings is 1. The minimum Gasteiger partial charge on any atom is -0.335 e. The molecule has 7 heteroatoms. The summed E-state index contributed by atoms with van der Waals surface area (Å²) in [5.41, 5.74) is 2.50. The highest BCUT2D eigenvalue weighted by Crippen LogP contribution is 2.39. The molecule has 0 aliphatic carbocycles. The smallest absolute Gasteiger partial charge is 0.326 e. The van der Waals surface area contributed by atoms with Crippen LogP contribution in [-0.2, 0) is 0 Å². The highest BCUT2D eigenvalue weighted by atomic mass is 32.1. The predicted octanol–water partition coefficient (Wildman–Crippen LogP) is 3.26. The Morgan fingerprint density at radius 2 is 1.96 bits per heavy atom. The second kappa shape index (κ2) is 6.50. The topological polar surface area (TPSA) is 64.7 Å². The van der Waals surface area contributed by atoms with Crippen molar-refractivity contribution in [2.24, 2.45) is 0 Å². The number of fused-ring (bicyclic) bond motifs is 2. The van der Waals surface area contributed by atoms with E-state index in [2.05, 4.69) is 22.6 Å². The first-order chi connectivity index (χ1) is 12.1. The average molecular weight is 356 g/mol. The molecule has 2 N–H and O–H groups in total. The maximum atomic E-state index is 13.1. The Kier molecular flexibility index (Phi) is 4.19. The highest BCUT2D eigenvalue weighted by molar-refractivity contribution is 7.08. The summed E-state index contributed by atoms with van der Waals surface area (Å²) in [7, 11) is 2.10. The van der Waals surface area contributed by atoms with Gasteiger partial charge in [-0.3, -0.25) is 9.69 Å². The molecular formula is C18H20N4O2S. The number of nitrogens with one attached hydrogen (secondary N) is 2. The summed E-state index contributed by atoms with van der Waals surface area (Å²) in [5, 5.41) is 9.68. The molecule has 1 fully saturated rings. The van der Waals surface area contributed by atoms with Crippen molar-refractivity contribution in [3.8, 4) is 0 Å². The lowest BCUT2D eigenvalue weighted by Gasteiger charge is -2.31. The Bertz CT molecular complexity index is 811. The van der Waals surface area contributed by atoms with Crippen LogP contribution in [0.15, 0.2) is 35.0 Å². The predicted molar refractivity (Wildman–Crippen MR) is 99.9 cm³/mol. The van der Waals surface area contributed by atoms with E-state index in [0.29, 0.717) is 22.6 Å². The molecule has 2 aromatic rings. The lowest BCUT2D eigenvalue weighted by atomic mass is 10.1. The zero-order valence-electron chi connectivity index (χ0n) is 14.0. The molecule has 25 heavy (non-hydrogen) atoms. The molecule has 0 radical (unpaired) electrons. The molecule has 130 valence electrons. The van der Waals surface area contributed by atoms with Crippen LogP contribution in [0.3, 0.4) is 0 Å². The van der Waals surface area contributed by atoms with Gasteiger partial charge in [0, 0.05) is 16.8 Å². The van der Waals surface area contributed by atoms with Crippen molar-refractivity contribution in [1.29, 1.82) is 0 Å². The first-order valence-electron chi connectivity index (χ1n) is 8.39. The van der Waals surface area contributed by atoms with Crippen LogP contribution in [0.4, 0.5) is 21.9 Å². The maximum Gasteiger partial charge on any atom is 0.326 e. The third-order valence-electron chi connectivity index (χ3n) is 4.77. The van der Waals surface area contributed by atoms with Crippen LogP contribution in [-0.4, -0.2) is 43.0 Å². The molecule has 1 saturated heterocycles. The van der Waals surface area contributed by atoms with Crippen molar-refractivity contribution in [2.75, 3.05) is 30.4 Å². The third kappa shape index (κ3) is 3.01. The number of benzene rings is 1. The minimum absolute atomic E-state index is 0.157. The van der Waals surface area contributed by atoms with E-state index < -0.39 is 0 Å². The molecule has 0 unspecified atom stereocenters. The molecule has 2 aliphatic heterocycles. The van der Waals surface area contributed by atoms with Crippen molar-refractivity contribution in [1.82, 2.24) is 10.2 Å². The monoisotopic (exact) mass is 356 g/mol. The molecular weight excluding hydrogens is 336 g/mol. The molecule has 1 aromatic heterocycles. The van der Waals surface area contributed by atoms with E-state index in [4.69, 9.17) is 0 Å². The van der Waals surface area contributed by atoms with Gasteiger partial charge >= 0.3 is 6.03 Å². The number of para-hydroxylation sites is 2. The largest absolute Gasteiger partial charge is 0.335 e. The first-order valence-corrected chi connectivity index (χ1v) is 9.33. The van der Waals surface area contributed by atoms with Crippen LogP contribution in [0.25, 0.3) is 0 Å². The first kappa shape index (κ1) is 16.1. The van der Waals surface area contributed by atoms with Crippen LogP contribution in [0.2, 0.25) is 0 Å². The molecule has 4 rings (SSSR count). The van der Waals surface area contributed by atoms with Crippen LogP contribution < -0.4 is 15.5 Å². The fraction of sp³-hybridized carbons (Fsp3) is 0.333. The number of thiophene rings is 1. The van der Waals surface area contributed by atoms with Gasteiger partial charge < -0.3 is 15.5 Å². The van der Waals surface area contributed by atoms with Crippen molar-refractivity contribution in [2.45, 2.75) is 18.9 Å². The lowest BCUT2D eigenvalue weighted by molar-refractivity contribution is 0.102. The zero-order chi connectivity index (χ0) is 17.4. The van der Waals surface area contributed by atoms with Crippen LogP contribution in [0.5, 0.6) is 0 Å². The molecule has 0 saturated carbocycles. The van der Waals surface area contributed by atoms with Gasteiger partial charge in [0.1, 0.15) is 0 Å².